The molecule has 2 unspecified atom stereocenters. The average Bonchev–Trinajstić information content (AvgIpc) is 3.19. The van der Waals surface area contributed by atoms with Gasteiger partial charge in [-0.2, -0.15) is 0 Å². The molecule has 0 bridgehead atoms. The second kappa shape index (κ2) is 8.63. The maximum atomic E-state index is 12.0. The van der Waals surface area contributed by atoms with E-state index >= 15 is 0 Å². The highest BCUT2D eigenvalue weighted by Gasteiger charge is 2.35. The van der Waals surface area contributed by atoms with Gasteiger partial charge in [0.15, 0.2) is 0 Å². The Morgan fingerprint density at radius 2 is 1.73 bits per heavy atom. The molecule has 2 atom stereocenters. The summed E-state index contributed by atoms with van der Waals surface area (Å²) in [6.07, 6.45) is 2.51. The Hall–Kier alpha value is -1.94. The highest BCUT2D eigenvalue weighted by molar-refractivity contribution is 7.92. The second-order valence-electron chi connectivity index (χ2n) is 6.53. The standard InChI is InChI=1S/C16H25N3O6S/c1-2-26(24,25)17-11-12(18-9-3-5-14(18)20)7-8-13(16(22)23)19-10-4-6-15(19)21/h2,12-13,17H,1,3-11H2,(H,22,23). The lowest BCUT2D eigenvalue weighted by Gasteiger charge is -2.30. The first kappa shape index (κ1) is 20.4. The molecule has 2 amide bonds. The van der Waals surface area contributed by atoms with Crippen molar-refractivity contribution in [1.82, 2.24) is 14.5 Å². The third-order valence-electron chi connectivity index (χ3n) is 4.83. The Morgan fingerprint density at radius 1 is 1.15 bits per heavy atom. The zero-order valence-electron chi connectivity index (χ0n) is 14.6. The van der Waals surface area contributed by atoms with Crippen molar-refractivity contribution in [2.45, 2.75) is 50.6 Å². The van der Waals surface area contributed by atoms with Gasteiger partial charge >= 0.3 is 5.97 Å². The number of likely N-dealkylation sites (tertiary alicyclic amines) is 2. The van der Waals surface area contributed by atoms with Crippen LogP contribution in [0.5, 0.6) is 0 Å². The van der Waals surface area contributed by atoms with Gasteiger partial charge in [0, 0.05) is 43.9 Å². The summed E-state index contributed by atoms with van der Waals surface area (Å²) in [6, 6.07) is -1.42. The molecule has 0 aromatic rings. The summed E-state index contributed by atoms with van der Waals surface area (Å²) >= 11 is 0. The molecule has 0 aromatic carbocycles. The molecule has 2 aliphatic rings. The normalized spacial score (nSPS) is 20.5. The van der Waals surface area contributed by atoms with Crippen LogP contribution in [0.2, 0.25) is 0 Å². The van der Waals surface area contributed by atoms with Gasteiger partial charge in [-0.15, -0.1) is 0 Å². The van der Waals surface area contributed by atoms with Crippen LogP contribution in [0, 0.1) is 0 Å². The summed E-state index contributed by atoms with van der Waals surface area (Å²) in [7, 11) is -3.65. The van der Waals surface area contributed by atoms with Crippen LogP contribution in [-0.2, 0) is 24.4 Å². The molecule has 0 radical (unpaired) electrons. The third-order valence-corrected chi connectivity index (χ3v) is 5.84. The van der Waals surface area contributed by atoms with Crippen molar-refractivity contribution >= 4 is 27.8 Å². The molecule has 26 heavy (non-hydrogen) atoms. The summed E-state index contributed by atoms with van der Waals surface area (Å²) in [5.74, 6) is -1.34. The monoisotopic (exact) mass is 387 g/mol. The summed E-state index contributed by atoms with van der Waals surface area (Å²) < 4.78 is 25.6. The minimum Gasteiger partial charge on any atom is -0.480 e. The number of sulfonamides is 1. The molecule has 0 saturated carbocycles. The van der Waals surface area contributed by atoms with Crippen molar-refractivity contribution in [3.8, 4) is 0 Å². The van der Waals surface area contributed by atoms with Crippen molar-refractivity contribution in [2.75, 3.05) is 19.6 Å². The lowest BCUT2D eigenvalue weighted by atomic mass is 10.0. The first-order valence-electron chi connectivity index (χ1n) is 8.69. The van der Waals surface area contributed by atoms with Crippen LogP contribution in [0.1, 0.15) is 38.5 Å². The highest BCUT2D eigenvalue weighted by Crippen LogP contribution is 2.22. The summed E-state index contributed by atoms with van der Waals surface area (Å²) in [6.45, 7) is 4.14. The zero-order chi connectivity index (χ0) is 19.3. The van der Waals surface area contributed by atoms with Crippen LogP contribution < -0.4 is 4.72 Å². The molecular weight excluding hydrogens is 362 g/mol. The molecule has 0 aromatic heterocycles. The molecule has 10 heteroatoms. The molecule has 146 valence electrons. The van der Waals surface area contributed by atoms with Gasteiger partial charge in [0.25, 0.3) is 0 Å². The van der Waals surface area contributed by atoms with Crippen molar-refractivity contribution in [1.29, 1.82) is 0 Å². The van der Waals surface area contributed by atoms with E-state index in [1.807, 2.05) is 0 Å². The summed E-state index contributed by atoms with van der Waals surface area (Å²) in [5.41, 5.74) is 0. The van der Waals surface area contributed by atoms with E-state index in [-0.39, 0.29) is 31.2 Å². The number of rotatable bonds is 10. The van der Waals surface area contributed by atoms with E-state index in [1.54, 1.807) is 4.90 Å². The van der Waals surface area contributed by atoms with Gasteiger partial charge in [0.05, 0.1) is 0 Å². The quantitative estimate of drug-likeness (QED) is 0.539. The van der Waals surface area contributed by atoms with Crippen molar-refractivity contribution in [2.24, 2.45) is 0 Å². The predicted molar refractivity (Wildman–Crippen MR) is 93.5 cm³/mol. The number of hydrogen-bond donors (Lipinski definition) is 2. The van der Waals surface area contributed by atoms with Crippen molar-refractivity contribution in [3.63, 3.8) is 0 Å². The second-order valence-corrected chi connectivity index (χ2v) is 8.24. The van der Waals surface area contributed by atoms with Gasteiger partial charge in [0.1, 0.15) is 6.04 Å². The minimum absolute atomic E-state index is 0.0135. The number of carbonyl (C=O) groups is 3. The van der Waals surface area contributed by atoms with Gasteiger partial charge in [0.2, 0.25) is 21.8 Å². The van der Waals surface area contributed by atoms with Crippen LogP contribution in [-0.4, -0.2) is 72.8 Å². The van der Waals surface area contributed by atoms with Gasteiger partial charge in [-0.25, -0.2) is 17.9 Å². The first-order chi connectivity index (χ1) is 12.2. The fraction of sp³-hybridized carbons (Fsp3) is 0.688. The van der Waals surface area contributed by atoms with Gasteiger partial charge in [-0.05, 0) is 25.7 Å². The van der Waals surface area contributed by atoms with Crippen LogP contribution >= 0.6 is 0 Å². The predicted octanol–water partition coefficient (Wildman–Crippen LogP) is -0.104. The SMILES string of the molecule is C=CS(=O)(=O)NCC(CCC(C(=O)O)N1CCCC1=O)N1CCCC1=O. The van der Waals surface area contributed by atoms with Crippen LogP contribution in [0.3, 0.4) is 0 Å². The van der Waals surface area contributed by atoms with Gasteiger partial charge < -0.3 is 14.9 Å². The smallest absolute Gasteiger partial charge is 0.326 e. The average molecular weight is 387 g/mol. The Kier molecular flexibility index (Phi) is 6.76. The molecule has 2 saturated heterocycles. The van der Waals surface area contributed by atoms with Gasteiger partial charge in [-0.1, -0.05) is 6.58 Å². The number of nitrogens with one attached hydrogen (secondary N) is 1. The number of amides is 2. The van der Waals surface area contributed by atoms with E-state index in [0.717, 1.165) is 5.41 Å². The van der Waals surface area contributed by atoms with Gasteiger partial charge in [-0.3, -0.25) is 9.59 Å². The number of carboxylic acid groups (broad SMARTS) is 1. The van der Waals surface area contributed by atoms with E-state index in [9.17, 15) is 27.9 Å². The summed E-state index contributed by atoms with van der Waals surface area (Å²) in [5, 5.41) is 10.3. The van der Waals surface area contributed by atoms with Crippen molar-refractivity contribution in [3.05, 3.63) is 12.0 Å². The Labute approximate surface area is 153 Å². The molecular formula is C16H25N3O6S. The van der Waals surface area contributed by atoms with E-state index in [2.05, 4.69) is 11.3 Å². The molecule has 2 aliphatic heterocycles. The highest BCUT2D eigenvalue weighted by atomic mass is 32.2. The number of aliphatic carboxylic acids is 1. The Bertz CT molecular complexity index is 677. The fourth-order valence-electron chi connectivity index (χ4n) is 3.46. The zero-order valence-corrected chi connectivity index (χ0v) is 15.4. The van der Waals surface area contributed by atoms with E-state index in [4.69, 9.17) is 0 Å². The molecule has 0 spiro atoms. The lowest BCUT2D eigenvalue weighted by molar-refractivity contribution is -0.148. The minimum atomic E-state index is -3.65. The molecule has 2 N–H and O–H groups in total. The Morgan fingerprint density at radius 3 is 2.19 bits per heavy atom. The molecule has 2 fully saturated rings. The first-order valence-corrected chi connectivity index (χ1v) is 10.2. The van der Waals surface area contributed by atoms with Crippen LogP contribution in [0.4, 0.5) is 0 Å². The number of nitrogens with zero attached hydrogens (tertiary/aromatic N) is 2. The Balaban J connectivity index is 2.06. The largest absolute Gasteiger partial charge is 0.480 e. The van der Waals surface area contributed by atoms with Crippen LogP contribution in [0.15, 0.2) is 12.0 Å². The lowest BCUT2D eigenvalue weighted by Crippen LogP contribution is -2.47. The molecule has 0 aliphatic carbocycles. The van der Waals surface area contributed by atoms with Crippen LogP contribution in [0.25, 0.3) is 0 Å². The fourth-order valence-corrected chi connectivity index (χ4v) is 4.00. The maximum absolute atomic E-state index is 12.0. The molecule has 2 rings (SSSR count). The number of carbonyl (C=O) groups excluding carboxylic acids is 2. The third kappa shape index (κ3) is 5.04. The topological polar surface area (TPSA) is 124 Å². The molecule has 9 nitrogen and oxygen atoms in total. The number of hydrogen-bond acceptors (Lipinski definition) is 5. The van der Waals surface area contributed by atoms with Crippen molar-refractivity contribution < 1.29 is 27.9 Å². The number of carboxylic acids is 1. The van der Waals surface area contributed by atoms with E-state index < -0.39 is 28.1 Å². The van der Waals surface area contributed by atoms with E-state index in [0.29, 0.717) is 38.8 Å². The maximum Gasteiger partial charge on any atom is 0.326 e. The van der Waals surface area contributed by atoms with E-state index in [1.165, 1.54) is 4.90 Å². The summed E-state index contributed by atoms with van der Waals surface area (Å²) in [4.78, 5) is 38.5. The molecule has 2 heterocycles.